The van der Waals surface area contributed by atoms with Crippen LogP contribution in [0.3, 0.4) is 0 Å². The minimum absolute atomic E-state index is 0.104. The Bertz CT molecular complexity index is 1580. The number of terminal acetylenes is 2. The summed E-state index contributed by atoms with van der Waals surface area (Å²) >= 11 is 0. The highest BCUT2D eigenvalue weighted by molar-refractivity contribution is 5.88. The van der Waals surface area contributed by atoms with Crippen molar-refractivity contribution < 1.29 is 14.7 Å². The molecule has 4 fully saturated rings. The fraction of sp³-hybridized carbons (Fsp3) is 0.569. The molecular formula is C51H73NO3. The van der Waals surface area contributed by atoms with E-state index in [1.165, 1.54) is 75.3 Å². The molecule has 0 heterocycles. The molecule has 300 valence electrons. The maximum Gasteiger partial charge on any atom is 0.335 e. The van der Waals surface area contributed by atoms with Crippen molar-refractivity contribution in [2.75, 3.05) is 7.05 Å². The minimum Gasteiger partial charge on any atom is -0.478 e. The first-order chi connectivity index (χ1) is 26.2. The predicted molar refractivity (Wildman–Crippen MR) is 234 cm³/mol. The Morgan fingerprint density at radius 2 is 1.42 bits per heavy atom. The topological polar surface area (TPSA) is 57.6 Å². The van der Waals surface area contributed by atoms with Crippen LogP contribution in [0.25, 0.3) is 5.57 Å². The van der Waals surface area contributed by atoms with Crippen LogP contribution in [0.15, 0.2) is 73.3 Å². The number of aromatic carboxylic acids is 1. The van der Waals surface area contributed by atoms with Crippen molar-refractivity contribution in [3.8, 4) is 25.7 Å². The average Bonchev–Trinajstić information content (AvgIpc) is 3.60. The van der Waals surface area contributed by atoms with Crippen molar-refractivity contribution in [2.24, 2.45) is 51.2 Å². The van der Waals surface area contributed by atoms with Crippen LogP contribution >= 0.6 is 0 Å². The normalized spacial score (nSPS) is 31.5. The van der Waals surface area contributed by atoms with Crippen LogP contribution in [0.5, 0.6) is 0 Å². The molecule has 4 unspecified atom stereocenters. The number of carbonyl (C=O) groups is 2. The first-order valence-electron chi connectivity index (χ1n) is 20.7. The van der Waals surface area contributed by atoms with Crippen molar-refractivity contribution in [3.05, 3.63) is 90.0 Å². The van der Waals surface area contributed by atoms with Gasteiger partial charge in [0.1, 0.15) is 0 Å². The number of nitrogens with zero attached hydrogens (tertiary/aromatic N) is 1. The second-order valence-electron chi connectivity index (χ2n) is 17.5. The summed E-state index contributed by atoms with van der Waals surface area (Å²) in [6.07, 6.45) is 35.4. The third-order valence-corrected chi connectivity index (χ3v) is 14.4. The molecule has 2 aromatic carbocycles. The van der Waals surface area contributed by atoms with Gasteiger partial charge in [-0.3, -0.25) is 4.79 Å². The van der Waals surface area contributed by atoms with Gasteiger partial charge >= 0.3 is 5.97 Å². The van der Waals surface area contributed by atoms with E-state index < -0.39 is 5.97 Å². The van der Waals surface area contributed by atoms with Gasteiger partial charge in [0.15, 0.2) is 0 Å². The largest absolute Gasteiger partial charge is 0.478 e. The summed E-state index contributed by atoms with van der Waals surface area (Å²) in [6, 6.07) is 17.5. The van der Waals surface area contributed by atoms with Crippen LogP contribution in [0.4, 0.5) is 0 Å². The fourth-order valence-electron chi connectivity index (χ4n) is 12.4. The van der Waals surface area contributed by atoms with Crippen LogP contribution in [0, 0.1) is 76.9 Å². The van der Waals surface area contributed by atoms with Crippen molar-refractivity contribution in [3.63, 3.8) is 0 Å². The zero-order chi connectivity index (χ0) is 41.6. The van der Waals surface area contributed by atoms with Gasteiger partial charge < -0.3 is 10.0 Å². The van der Waals surface area contributed by atoms with Gasteiger partial charge in [0, 0.05) is 13.6 Å². The van der Waals surface area contributed by atoms with E-state index in [2.05, 4.69) is 73.0 Å². The number of allylic oxidation sites excluding steroid dienone is 3. The molecule has 0 bridgehead atoms. The molecule has 0 spiro atoms. The van der Waals surface area contributed by atoms with Gasteiger partial charge in [-0.05, 0) is 145 Å². The van der Waals surface area contributed by atoms with Crippen molar-refractivity contribution >= 4 is 18.0 Å². The summed E-state index contributed by atoms with van der Waals surface area (Å²) in [5, 5.41) is 9.34. The quantitative estimate of drug-likeness (QED) is 0.188. The second kappa shape index (κ2) is 20.8. The van der Waals surface area contributed by atoms with Gasteiger partial charge in [-0.2, -0.15) is 0 Å². The molecule has 5 aliphatic rings. The van der Waals surface area contributed by atoms with Crippen molar-refractivity contribution in [2.45, 2.75) is 126 Å². The Labute approximate surface area is 336 Å². The standard InChI is InChI=1S/C33H46O2.C9H11NO.C3H6.C2H6.2C2H2/c1-30(2)24(21-8-10-22(11-9-21)29(34)35)15-19-33(5)27(30)16-20-32(4)26-14-18-31(3)17-6-7-25(31)23(26)12-13-28(32)33;1-10(8-11)7-9-5-3-2-4-6-9;1-3-2;3*1-2/h8-11,15,23,25-28H,6-7,12-14,16-20H2,1-5H3,(H,34,35);2-6,8H,7H2,1H3;3H,1H2,2H3;1-2H3;2*1-2H/t23-,25?,26?,27?,28?,31-,32+,33+;;;;;/m1...../s1. The monoisotopic (exact) mass is 748 g/mol. The third kappa shape index (κ3) is 9.87. The molecule has 1 amide bonds. The van der Waals surface area contributed by atoms with Gasteiger partial charge in [0.2, 0.25) is 6.41 Å². The summed E-state index contributed by atoms with van der Waals surface area (Å²) < 4.78 is 0. The molecule has 4 saturated carbocycles. The van der Waals surface area contributed by atoms with Crippen LogP contribution in [0.2, 0.25) is 0 Å². The number of carbonyl (C=O) groups excluding carboxylic acids is 1. The molecule has 7 rings (SSSR count). The van der Waals surface area contributed by atoms with Gasteiger partial charge in [-0.1, -0.05) is 110 Å². The van der Waals surface area contributed by atoms with Crippen molar-refractivity contribution in [1.29, 1.82) is 0 Å². The van der Waals surface area contributed by atoms with E-state index in [0.29, 0.717) is 34.3 Å². The Balaban J connectivity index is 0.000000438. The van der Waals surface area contributed by atoms with E-state index in [0.717, 1.165) is 35.6 Å². The molecule has 0 aliphatic heterocycles. The third-order valence-electron chi connectivity index (χ3n) is 14.4. The van der Waals surface area contributed by atoms with Crippen LogP contribution in [-0.2, 0) is 11.3 Å². The molecule has 55 heavy (non-hydrogen) atoms. The number of hydrogen-bond acceptors (Lipinski definition) is 2. The maximum atomic E-state index is 11.4. The average molecular weight is 748 g/mol. The lowest BCUT2D eigenvalue weighted by atomic mass is 9.36. The fourth-order valence-corrected chi connectivity index (χ4v) is 12.4. The van der Waals surface area contributed by atoms with E-state index in [9.17, 15) is 14.7 Å². The molecule has 4 nitrogen and oxygen atoms in total. The molecule has 0 radical (unpaired) electrons. The Morgan fingerprint density at radius 1 is 0.818 bits per heavy atom. The molecule has 4 heteroatoms. The number of amides is 1. The SMILES string of the molecule is C#C.C#C.C=CC.CC.CC1(C)C(c2ccc(C(=O)O)cc2)=CC[C@@]2(C)C1CC[C@@]1(C)C3CC[C@@]4(C)CCCC4[C@H]3CCC12.CN(C=O)Cc1ccccc1. The van der Waals surface area contributed by atoms with E-state index in [1.54, 1.807) is 30.2 Å². The van der Waals surface area contributed by atoms with E-state index in [4.69, 9.17) is 0 Å². The molecule has 0 saturated heterocycles. The van der Waals surface area contributed by atoms with Crippen LogP contribution < -0.4 is 0 Å². The second-order valence-corrected chi connectivity index (χ2v) is 17.5. The van der Waals surface area contributed by atoms with Gasteiger partial charge in [-0.15, -0.1) is 32.3 Å². The number of benzene rings is 2. The highest BCUT2D eigenvalue weighted by atomic mass is 16.4. The number of rotatable bonds is 5. The summed E-state index contributed by atoms with van der Waals surface area (Å²) in [5.41, 5.74) is 5.80. The summed E-state index contributed by atoms with van der Waals surface area (Å²) in [4.78, 5) is 23.2. The lowest BCUT2D eigenvalue weighted by Crippen LogP contribution is -2.60. The predicted octanol–water partition coefficient (Wildman–Crippen LogP) is 12.9. The Hall–Kier alpha value is -4.02. The van der Waals surface area contributed by atoms with E-state index in [1.807, 2.05) is 63.2 Å². The molecule has 2 aromatic rings. The van der Waals surface area contributed by atoms with Crippen LogP contribution in [0.1, 0.15) is 141 Å². The first kappa shape index (κ1) is 47.1. The van der Waals surface area contributed by atoms with E-state index in [-0.39, 0.29) is 5.41 Å². The lowest BCUT2D eigenvalue weighted by molar-refractivity contribution is -0.176. The summed E-state index contributed by atoms with van der Waals surface area (Å²) in [7, 11) is 1.76. The summed E-state index contributed by atoms with van der Waals surface area (Å²) in [5.74, 6) is 3.58. The van der Waals surface area contributed by atoms with Gasteiger partial charge in [0.05, 0.1) is 5.56 Å². The number of carboxylic acid groups (broad SMARTS) is 1. The Kier molecular flexibility index (Phi) is 17.8. The molecule has 0 aromatic heterocycles. The smallest absolute Gasteiger partial charge is 0.335 e. The van der Waals surface area contributed by atoms with Crippen molar-refractivity contribution in [1.82, 2.24) is 4.90 Å². The highest BCUT2D eigenvalue weighted by Gasteiger charge is 2.64. The number of hydrogen-bond donors (Lipinski definition) is 1. The highest BCUT2D eigenvalue weighted by Crippen LogP contribution is 2.73. The molecule has 8 atom stereocenters. The summed E-state index contributed by atoms with van der Waals surface area (Å²) in [6.45, 7) is 22.9. The molecule has 1 N–H and O–H groups in total. The lowest BCUT2D eigenvalue weighted by Gasteiger charge is -2.68. The molecule has 5 aliphatic carbocycles. The number of fused-ring (bicyclic) bond motifs is 7. The van der Waals surface area contributed by atoms with E-state index >= 15 is 0 Å². The Morgan fingerprint density at radius 3 is 1.98 bits per heavy atom. The van der Waals surface area contributed by atoms with Crippen LogP contribution in [-0.4, -0.2) is 29.4 Å². The van der Waals surface area contributed by atoms with Gasteiger partial charge in [-0.25, -0.2) is 4.79 Å². The zero-order valence-corrected chi connectivity index (χ0v) is 35.8. The zero-order valence-electron chi connectivity index (χ0n) is 35.8. The number of carboxylic acids is 1. The first-order valence-corrected chi connectivity index (χ1v) is 20.7. The minimum atomic E-state index is -0.844. The maximum absolute atomic E-state index is 11.4. The molecular weight excluding hydrogens is 675 g/mol. The van der Waals surface area contributed by atoms with Gasteiger partial charge in [0.25, 0.3) is 0 Å².